The summed E-state index contributed by atoms with van der Waals surface area (Å²) in [6.45, 7) is 0.861. The van der Waals surface area contributed by atoms with Crippen LogP contribution < -0.4 is 15.5 Å². The zero-order valence-corrected chi connectivity index (χ0v) is 13.7. The lowest BCUT2D eigenvalue weighted by Gasteiger charge is -2.16. The highest BCUT2D eigenvalue weighted by atomic mass is 19.1. The molecule has 0 saturated carbocycles. The third-order valence-corrected chi connectivity index (χ3v) is 4.27. The first-order chi connectivity index (χ1) is 12.0. The van der Waals surface area contributed by atoms with Crippen LogP contribution in [0.25, 0.3) is 0 Å². The first-order valence-corrected chi connectivity index (χ1v) is 7.96. The van der Waals surface area contributed by atoms with Crippen LogP contribution in [-0.4, -0.2) is 31.3 Å². The molecule has 25 heavy (non-hydrogen) atoms. The number of halogens is 2. The Bertz CT molecular complexity index is 778. The summed E-state index contributed by atoms with van der Waals surface area (Å²) in [5.74, 6) is -1.73. The minimum atomic E-state index is -0.910. The molecule has 0 saturated heterocycles. The quantitative estimate of drug-likeness (QED) is 0.797. The summed E-state index contributed by atoms with van der Waals surface area (Å²) in [4.78, 5) is 13.9. The maximum Gasteiger partial charge on any atom is 0.319 e. The SMILES string of the molecule is CN1CCc2cc([C@H](O)CNC(=O)Nc3c(F)cccc3F)ccc21. The van der Waals surface area contributed by atoms with Crippen molar-refractivity contribution in [2.75, 3.05) is 30.4 Å². The molecule has 3 N–H and O–H groups in total. The predicted molar refractivity (Wildman–Crippen MR) is 91.8 cm³/mol. The van der Waals surface area contributed by atoms with Gasteiger partial charge in [0.15, 0.2) is 0 Å². The lowest BCUT2D eigenvalue weighted by Crippen LogP contribution is -2.33. The van der Waals surface area contributed by atoms with Crippen LogP contribution in [0.2, 0.25) is 0 Å². The fraction of sp³-hybridized carbons (Fsp3) is 0.278. The monoisotopic (exact) mass is 347 g/mol. The number of anilines is 2. The molecule has 5 nitrogen and oxygen atoms in total. The predicted octanol–water partition coefficient (Wildman–Crippen LogP) is 2.81. The number of aliphatic hydroxyl groups excluding tert-OH is 1. The molecule has 0 unspecified atom stereocenters. The molecule has 1 aliphatic heterocycles. The number of nitrogens with zero attached hydrogens (tertiary/aromatic N) is 1. The molecule has 0 aliphatic carbocycles. The van der Waals surface area contributed by atoms with Gasteiger partial charge in [0.1, 0.15) is 17.3 Å². The Hall–Kier alpha value is -2.67. The Morgan fingerprint density at radius 3 is 2.72 bits per heavy atom. The number of urea groups is 1. The molecule has 1 atom stereocenters. The molecule has 0 aromatic heterocycles. The van der Waals surface area contributed by atoms with Crippen molar-refractivity contribution < 1.29 is 18.7 Å². The van der Waals surface area contributed by atoms with E-state index in [9.17, 15) is 18.7 Å². The summed E-state index contributed by atoms with van der Waals surface area (Å²) in [5.41, 5.74) is 2.45. The van der Waals surface area contributed by atoms with Crippen LogP contribution in [0.3, 0.4) is 0 Å². The average molecular weight is 347 g/mol. The summed E-state index contributed by atoms with van der Waals surface area (Å²) in [6, 6.07) is 8.19. The van der Waals surface area contributed by atoms with Crippen LogP contribution in [0.15, 0.2) is 36.4 Å². The number of aliphatic hydroxyl groups is 1. The maximum atomic E-state index is 13.5. The molecule has 1 aliphatic rings. The highest BCUT2D eigenvalue weighted by Crippen LogP contribution is 2.29. The number of fused-ring (bicyclic) bond motifs is 1. The molecule has 3 rings (SSSR count). The second kappa shape index (κ2) is 7.06. The summed E-state index contributed by atoms with van der Waals surface area (Å²) < 4.78 is 27.0. The summed E-state index contributed by atoms with van der Waals surface area (Å²) >= 11 is 0. The molecule has 0 fully saturated rings. The van der Waals surface area contributed by atoms with E-state index < -0.39 is 29.5 Å². The number of nitrogens with one attached hydrogen (secondary N) is 2. The number of carbonyl (C=O) groups is 1. The van der Waals surface area contributed by atoms with Gasteiger partial charge in [0.2, 0.25) is 0 Å². The minimum absolute atomic E-state index is 0.0729. The van der Waals surface area contributed by atoms with Crippen LogP contribution >= 0.6 is 0 Å². The molecule has 2 amide bonds. The zero-order chi connectivity index (χ0) is 18.0. The maximum absolute atomic E-state index is 13.5. The Kier molecular flexibility index (Phi) is 4.85. The van der Waals surface area contributed by atoms with Gasteiger partial charge >= 0.3 is 6.03 Å². The van der Waals surface area contributed by atoms with Gasteiger partial charge in [-0.25, -0.2) is 13.6 Å². The molecule has 0 bridgehead atoms. The number of likely N-dealkylation sites (N-methyl/N-ethyl adjacent to an activating group) is 1. The standard InChI is InChI=1S/C18H19F2N3O2/c1-23-8-7-11-9-12(5-6-15(11)23)16(24)10-21-18(25)22-17-13(19)3-2-4-14(17)20/h2-6,9,16,24H,7-8,10H2,1H3,(H2,21,22,25)/t16-/m1/s1. The van der Waals surface area contributed by atoms with Crippen molar-refractivity contribution in [1.29, 1.82) is 0 Å². The second-order valence-electron chi connectivity index (χ2n) is 6.01. The first-order valence-electron chi connectivity index (χ1n) is 7.96. The van der Waals surface area contributed by atoms with E-state index in [4.69, 9.17) is 0 Å². The van der Waals surface area contributed by atoms with Gasteiger partial charge in [-0.1, -0.05) is 18.2 Å². The van der Waals surface area contributed by atoms with Crippen LogP contribution in [0.4, 0.5) is 25.0 Å². The van der Waals surface area contributed by atoms with Crippen LogP contribution in [0.1, 0.15) is 17.2 Å². The topological polar surface area (TPSA) is 64.6 Å². The number of amides is 2. The lowest BCUT2D eigenvalue weighted by atomic mass is 10.0. The van der Waals surface area contributed by atoms with E-state index in [1.807, 2.05) is 19.2 Å². The first kappa shape index (κ1) is 17.2. The Morgan fingerprint density at radius 1 is 1.28 bits per heavy atom. The Morgan fingerprint density at radius 2 is 2.00 bits per heavy atom. The number of carbonyl (C=O) groups excluding carboxylic acids is 1. The molecular formula is C18H19F2N3O2. The normalized spacial score (nSPS) is 14.2. The minimum Gasteiger partial charge on any atom is -0.387 e. The molecule has 0 spiro atoms. The summed E-state index contributed by atoms with van der Waals surface area (Å²) in [5, 5.41) is 14.8. The van der Waals surface area contributed by atoms with Gasteiger partial charge in [0.25, 0.3) is 0 Å². The third-order valence-electron chi connectivity index (χ3n) is 4.27. The molecule has 132 valence electrons. The van der Waals surface area contributed by atoms with Gasteiger partial charge in [0.05, 0.1) is 6.10 Å². The van der Waals surface area contributed by atoms with E-state index in [0.29, 0.717) is 5.56 Å². The van der Waals surface area contributed by atoms with Crippen molar-refractivity contribution in [3.63, 3.8) is 0 Å². The van der Waals surface area contributed by atoms with E-state index in [0.717, 1.165) is 36.3 Å². The largest absolute Gasteiger partial charge is 0.387 e. The van der Waals surface area contributed by atoms with E-state index in [-0.39, 0.29) is 6.54 Å². The number of rotatable bonds is 4. The molecule has 7 heteroatoms. The van der Waals surface area contributed by atoms with Crippen molar-refractivity contribution in [3.05, 3.63) is 59.2 Å². The number of benzene rings is 2. The van der Waals surface area contributed by atoms with E-state index in [1.54, 1.807) is 6.07 Å². The van der Waals surface area contributed by atoms with Gasteiger partial charge in [-0.15, -0.1) is 0 Å². The van der Waals surface area contributed by atoms with Crippen molar-refractivity contribution in [2.24, 2.45) is 0 Å². The summed E-state index contributed by atoms with van der Waals surface area (Å²) in [7, 11) is 2.01. The highest BCUT2D eigenvalue weighted by molar-refractivity contribution is 5.89. The lowest BCUT2D eigenvalue weighted by molar-refractivity contribution is 0.175. The highest BCUT2D eigenvalue weighted by Gasteiger charge is 2.18. The van der Waals surface area contributed by atoms with Crippen LogP contribution in [-0.2, 0) is 6.42 Å². The smallest absolute Gasteiger partial charge is 0.319 e. The fourth-order valence-electron chi connectivity index (χ4n) is 2.88. The van der Waals surface area contributed by atoms with Gasteiger partial charge in [0, 0.05) is 25.8 Å². The number of hydrogen-bond acceptors (Lipinski definition) is 3. The van der Waals surface area contributed by atoms with E-state index in [2.05, 4.69) is 15.5 Å². The average Bonchev–Trinajstić information content (AvgIpc) is 2.97. The third kappa shape index (κ3) is 3.71. The molecule has 2 aromatic carbocycles. The molecular weight excluding hydrogens is 328 g/mol. The van der Waals surface area contributed by atoms with E-state index in [1.165, 1.54) is 6.07 Å². The van der Waals surface area contributed by atoms with Gasteiger partial charge in [-0.2, -0.15) is 0 Å². The van der Waals surface area contributed by atoms with Crippen molar-refractivity contribution >= 4 is 17.4 Å². The molecule has 1 heterocycles. The van der Waals surface area contributed by atoms with E-state index >= 15 is 0 Å². The second-order valence-corrected chi connectivity index (χ2v) is 6.01. The van der Waals surface area contributed by atoms with Crippen molar-refractivity contribution in [1.82, 2.24) is 5.32 Å². The van der Waals surface area contributed by atoms with Crippen LogP contribution in [0, 0.1) is 11.6 Å². The Balaban J connectivity index is 1.59. The van der Waals surface area contributed by atoms with Gasteiger partial charge in [-0.3, -0.25) is 0 Å². The van der Waals surface area contributed by atoms with Crippen molar-refractivity contribution in [2.45, 2.75) is 12.5 Å². The van der Waals surface area contributed by atoms with Gasteiger partial charge in [-0.05, 0) is 35.7 Å². The number of para-hydroxylation sites is 1. The molecule has 0 radical (unpaired) electrons. The Labute approximate surface area is 144 Å². The zero-order valence-electron chi connectivity index (χ0n) is 13.7. The van der Waals surface area contributed by atoms with Crippen molar-refractivity contribution in [3.8, 4) is 0 Å². The molecule has 2 aromatic rings. The summed E-state index contributed by atoms with van der Waals surface area (Å²) in [6.07, 6.45) is -0.000201. The van der Waals surface area contributed by atoms with Crippen LogP contribution in [0.5, 0.6) is 0 Å². The fourth-order valence-corrected chi connectivity index (χ4v) is 2.88. The van der Waals surface area contributed by atoms with Gasteiger partial charge < -0.3 is 20.6 Å². The number of hydrogen-bond donors (Lipinski definition) is 3.